The maximum atomic E-state index is 6.94. The second kappa shape index (κ2) is 9.71. The van der Waals surface area contributed by atoms with Gasteiger partial charge in [-0.05, 0) is 0 Å². The van der Waals surface area contributed by atoms with Gasteiger partial charge in [0.05, 0.1) is 0 Å². The van der Waals surface area contributed by atoms with E-state index in [-0.39, 0.29) is 32.2 Å². The van der Waals surface area contributed by atoms with Crippen LogP contribution in [0.15, 0.2) is 30.3 Å². The minimum absolute atomic E-state index is 0. The topological polar surface area (TPSA) is 23.8 Å². The molecule has 58 valence electrons. The van der Waals surface area contributed by atoms with Crippen molar-refractivity contribution in [3.8, 4) is 0 Å². The van der Waals surface area contributed by atoms with E-state index in [0.29, 0.717) is 6.54 Å². The molecule has 0 aliphatic heterocycles. The molecule has 0 spiro atoms. The van der Waals surface area contributed by atoms with Crippen molar-refractivity contribution in [1.82, 2.24) is 0 Å². The predicted molar refractivity (Wildman–Crippen MR) is 53.0 cm³/mol. The molecule has 1 aromatic rings. The van der Waals surface area contributed by atoms with Crippen molar-refractivity contribution in [3.63, 3.8) is 0 Å². The summed E-state index contributed by atoms with van der Waals surface area (Å²) in [7, 11) is 0. The maximum absolute atomic E-state index is 6.94. The Labute approximate surface area is 80.8 Å². The number of rotatable bonds is 1. The van der Waals surface area contributed by atoms with Crippen molar-refractivity contribution in [1.29, 1.82) is 0 Å². The first-order chi connectivity index (χ1) is 3.93. The molecule has 1 rings (SSSR count). The van der Waals surface area contributed by atoms with Crippen molar-refractivity contribution >= 4 is 17.4 Å². The molecule has 0 saturated heterocycles. The second-order valence-electron chi connectivity index (χ2n) is 1.66. The van der Waals surface area contributed by atoms with Crippen molar-refractivity contribution in [2.24, 2.45) is 0 Å². The van der Waals surface area contributed by atoms with E-state index in [1.54, 1.807) is 0 Å². The van der Waals surface area contributed by atoms with Crippen LogP contribution in [0.25, 0.3) is 5.73 Å². The van der Waals surface area contributed by atoms with Gasteiger partial charge in [-0.2, -0.15) is 0 Å². The van der Waals surface area contributed by atoms with Gasteiger partial charge in [0.2, 0.25) is 0 Å². The normalized spacial score (nSPS) is 6.64. The quantitative estimate of drug-likeness (QED) is 0.449. The van der Waals surface area contributed by atoms with E-state index < -0.39 is 0 Å². The molecule has 1 N–H and O–H groups in total. The van der Waals surface area contributed by atoms with Gasteiger partial charge in [-0.25, -0.2) is 0 Å². The molecule has 0 radical (unpaired) electrons. The van der Waals surface area contributed by atoms with Crippen molar-refractivity contribution in [2.75, 3.05) is 0 Å². The summed E-state index contributed by atoms with van der Waals surface area (Å²) in [5.41, 5.74) is 8.02. The third kappa shape index (κ3) is 6.12. The Bertz CT molecular complexity index is 151. The Kier molecular flexibility index (Phi) is 15.0. The van der Waals surface area contributed by atoms with E-state index in [0.717, 1.165) is 5.56 Å². The Morgan fingerprint density at radius 1 is 1.00 bits per heavy atom. The smallest absolute Gasteiger partial charge is 0.674 e. The second-order valence-corrected chi connectivity index (χ2v) is 1.66. The number of hydrogen-bond acceptors (Lipinski definition) is 0. The SMILES string of the molecule is [Al+3].[CH3-].[CH3-].[NH-]Cc1ccccc1. The molecule has 0 aliphatic rings. The summed E-state index contributed by atoms with van der Waals surface area (Å²) in [6.07, 6.45) is 0. The molecular formula is C9H14AlN. The first-order valence-corrected chi connectivity index (χ1v) is 2.62. The summed E-state index contributed by atoms with van der Waals surface area (Å²) in [6, 6.07) is 9.76. The van der Waals surface area contributed by atoms with E-state index in [4.69, 9.17) is 5.73 Å². The van der Waals surface area contributed by atoms with Crippen molar-refractivity contribution in [2.45, 2.75) is 6.54 Å². The van der Waals surface area contributed by atoms with Crippen LogP contribution < -0.4 is 0 Å². The van der Waals surface area contributed by atoms with Crippen LogP contribution in [0.5, 0.6) is 0 Å². The summed E-state index contributed by atoms with van der Waals surface area (Å²) in [6.45, 7) is 0.390. The van der Waals surface area contributed by atoms with Gasteiger partial charge in [0, 0.05) is 0 Å². The molecule has 0 amide bonds. The fourth-order valence-electron chi connectivity index (χ4n) is 0.596. The number of hydrogen-bond donors (Lipinski definition) is 0. The van der Waals surface area contributed by atoms with Gasteiger partial charge in [-0.3, -0.25) is 0 Å². The van der Waals surface area contributed by atoms with E-state index in [1.165, 1.54) is 0 Å². The Hall–Kier alpha value is -0.288. The molecule has 0 saturated carbocycles. The van der Waals surface area contributed by atoms with E-state index in [1.807, 2.05) is 30.3 Å². The van der Waals surface area contributed by atoms with Crippen LogP contribution in [0.2, 0.25) is 0 Å². The standard InChI is InChI=1S/C7H8N.2CH3.Al/c8-6-7-4-2-1-3-5-7;;;/h1-5,8H,6H2;2*1H3;/q3*-1;+3. The first kappa shape index (κ1) is 17.0. The van der Waals surface area contributed by atoms with E-state index in [2.05, 4.69) is 0 Å². The average Bonchev–Trinajstić information content (AvgIpc) is 1.90. The van der Waals surface area contributed by atoms with Gasteiger partial charge in [0.25, 0.3) is 0 Å². The molecule has 11 heavy (non-hydrogen) atoms. The number of benzene rings is 1. The third-order valence-corrected chi connectivity index (χ3v) is 1.05. The van der Waals surface area contributed by atoms with Crippen LogP contribution in [-0.2, 0) is 6.54 Å². The molecule has 2 heteroatoms. The molecule has 0 fully saturated rings. The van der Waals surface area contributed by atoms with Crippen LogP contribution >= 0.6 is 0 Å². The first-order valence-electron chi connectivity index (χ1n) is 2.62. The third-order valence-electron chi connectivity index (χ3n) is 1.05. The van der Waals surface area contributed by atoms with Gasteiger partial charge in [0.15, 0.2) is 0 Å². The Morgan fingerprint density at radius 3 is 1.73 bits per heavy atom. The van der Waals surface area contributed by atoms with Gasteiger partial charge in [0.1, 0.15) is 0 Å². The Morgan fingerprint density at radius 2 is 1.45 bits per heavy atom. The zero-order chi connectivity index (χ0) is 5.82. The molecule has 1 nitrogen and oxygen atoms in total. The molecule has 0 atom stereocenters. The molecular weight excluding hydrogens is 149 g/mol. The van der Waals surface area contributed by atoms with Crippen molar-refractivity contribution in [3.05, 3.63) is 56.5 Å². The van der Waals surface area contributed by atoms with E-state index in [9.17, 15) is 0 Å². The van der Waals surface area contributed by atoms with E-state index >= 15 is 0 Å². The molecule has 1 aromatic carbocycles. The van der Waals surface area contributed by atoms with Crippen LogP contribution in [0.3, 0.4) is 0 Å². The summed E-state index contributed by atoms with van der Waals surface area (Å²) < 4.78 is 0. The summed E-state index contributed by atoms with van der Waals surface area (Å²) in [5, 5.41) is 0. The van der Waals surface area contributed by atoms with Crippen LogP contribution in [-0.4, -0.2) is 17.4 Å². The molecule has 0 unspecified atom stereocenters. The molecule has 0 heterocycles. The van der Waals surface area contributed by atoms with Crippen LogP contribution in [0, 0.1) is 14.9 Å². The fraction of sp³-hybridized carbons (Fsp3) is 0.111. The Balaban J connectivity index is -0.000000213. The number of nitrogens with one attached hydrogen (secondary N) is 1. The van der Waals surface area contributed by atoms with Crippen LogP contribution in [0.4, 0.5) is 0 Å². The minimum Gasteiger partial charge on any atom is -0.674 e. The molecule has 0 aliphatic carbocycles. The average molecular weight is 163 g/mol. The van der Waals surface area contributed by atoms with Gasteiger partial charge < -0.3 is 20.6 Å². The van der Waals surface area contributed by atoms with Crippen LogP contribution in [0.1, 0.15) is 5.56 Å². The van der Waals surface area contributed by atoms with Gasteiger partial charge in [-0.15, -0.1) is 6.54 Å². The summed E-state index contributed by atoms with van der Waals surface area (Å²) >= 11 is 0. The fourth-order valence-corrected chi connectivity index (χ4v) is 0.596. The minimum atomic E-state index is 0. The summed E-state index contributed by atoms with van der Waals surface area (Å²) in [5.74, 6) is 0. The predicted octanol–water partition coefficient (Wildman–Crippen LogP) is 2.76. The largest absolute Gasteiger partial charge is 3.00 e. The molecule has 0 aromatic heterocycles. The summed E-state index contributed by atoms with van der Waals surface area (Å²) in [4.78, 5) is 0. The van der Waals surface area contributed by atoms with Crippen molar-refractivity contribution < 1.29 is 0 Å². The zero-order valence-corrected chi connectivity index (χ0v) is 8.33. The maximum Gasteiger partial charge on any atom is 3.00 e. The van der Waals surface area contributed by atoms with Gasteiger partial charge in [-0.1, -0.05) is 35.9 Å². The monoisotopic (exact) mass is 163 g/mol. The molecule has 0 bridgehead atoms. The van der Waals surface area contributed by atoms with Gasteiger partial charge >= 0.3 is 17.4 Å². The zero-order valence-electron chi connectivity index (χ0n) is 7.17.